The second-order valence-electron chi connectivity index (χ2n) is 5.56. The number of thiazole rings is 1. The van der Waals surface area contributed by atoms with Gasteiger partial charge in [0, 0.05) is 5.02 Å². The van der Waals surface area contributed by atoms with Crippen LogP contribution in [0.1, 0.15) is 6.42 Å². The molecule has 2 amide bonds. The van der Waals surface area contributed by atoms with Crippen LogP contribution in [0.4, 0.5) is 10.8 Å². The fraction of sp³-hybridized carbons (Fsp3) is 0.118. The van der Waals surface area contributed by atoms with Gasteiger partial charge in [0.05, 0.1) is 22.3 Å². The molecule has 0 aliphatic carbocycles. The Morgan fingerprint density at radius 3 is 2.80 bits per heavy atom. The highest BCUT2D eigenvalue weighted by molar-refractivity contribution is 7.22. The first kappa shape index (κ1) is 16.0. The molecule has 0 spiro atoms. The number of halogens is 1. The van der Waals surface area contributed by atoms with Gasteiger partial charge in [-0.2, -0.15) is 0 Å². The third-order valence-electron chi connectivity index (χ3n) is 3.86. The molecular weight excluding hydrogens is 360 g/mol. The van der Waals surface area contributed by atoms with Crippen LogP contribution in [0.3, 0.4) is 0 Å². The van der Waals surface area contributed by atoms with Crippen molar-refractivity contribution in [1.82, 2.24) is 10.4 Å². The van der Waals surface area contributed by atoms with E-state index in [-0.39, 0.29) is 18.2 Å². The topological polar surface area (TPSA) is 74.3 Å². The number of anilines is 2. The van der Waals surface area contributed by atoms with Crippen LogP contribution in [0.5, 0.6) is 0 Å². The standard InChI is InChI=1S/C17H13ClN4O2S/c18-10-4-3-5-11(8-10)22-15(23)9-13(16(22)24)20-21-17-19-12-6-1-2-7-14(12)25-17/h1-8,13,20H,9H2,(H,19,21)/t13-/m0/s1. The van der Waals surface area contributed by atoms with Crippen LogP contribution in [0.25, 0.3) is 10.2 Å². The van der Waals surface area contributed by atoms with Gasteiger partial charge in [-0.3, -0.25) is 15.0 Å². The van der Waals surface area contributed by atoms with E-state index in [4.69, 9.17) is 11.6 Å². The number of aromatic nitrogens is 1. The second kappa shape index (κ2) is 6.44. The molecule has 126 valence electrons. The Morgan fingerprint density at radius 1 is 1.16 bits per heavy atom. The van der Waals surface area contributed by atoms with Crippen LogP contribution in [0, 0.1) is 0 Å². The summed E-state index contributed by atoms with van der Waals surface area (Å²) < 4.78 is 1.04. The third kappa shape index (κ3) is 3.09. The number of nitrogens with zero attached hydrogens (tertiary/aromatic N) is 2. The largest absolute Gasteiger partial charge is 0.296 e. The quantitative estimate of drug-likeness (QED) is 0.543. The molecule has 4 rings (SSSR count). The summed E-state index contributed by atoms with van der Waals surface area (Å²) in [5, 5.41) is 1.12. The predicted octanol–water partition coefficient (Wildman–Crippen LogP) is 3.20. The highest BCUT2D eigenvalue weighted by Crippen LogP contribution is 2.27. The highest BCUT2D eigenvalue weighted by atomic mass is 35.5. The van der Waals surface area contributed by atoms with E-state index < -0.39 is 6.04 Å². The van der Waals surface area contributed by atoms with E-state index in [1.54, 1.807) is 24.3 Å². The summed E-state index contributed by atoms with van der Waals surface area (Å²) in [6.45, 7) is 0. The van der Waals surface area contributed by atoms with E-state index in [0.29, 0.717) is 15.8 Å². The molecule has 1 aliphatic heterocycles. The smallest absolute Gasteiger partial charge is 0.253 e. The number of hydrogen-bond donors (Lipinski definition) is 2. The summed E-state index contributed by atoms with van der Waals surface area (Å²) in [6.07, 6.45) is 0.0727. The fourth-order valence-electron chi connectivity index (χ4n) is 2.71. The Balaban J connectivity index is 1.48. The number of hydrogen-bond acceptors (Lipinski definition) is 6. The first-order chi connectivity index (χ1) is 12.1. The van der Waals surface area contributed by atoms with Crippen LogP contribution in [0.15, 0.2) is 48.5 Å². The number of imide groups is 1. The van der Waals surface area contributed by atoms with E-state index >= 15 is 0 Å². The molecule has 2 aromatic carbocycles. The third-order valence-corrected chi connectivity index (χ3v) is 5.05. The SMILES string of the molecule is O=C1C[C@H](NNc2nc3ccccc3s2)C(=O)N1c1cccc(Cl)c1. The van der Waals surface area contributed by atoms with Gasteiger partial charge in [0.25, 0.3) is 5.91 Å². The molecule has 1 fully saturated rings. The van der Waals surface area contributed by atoms with E-state index in [2.05, 4.69) is 15.8 Å². The predicted molar refractivity (Wildman–Crippen MR) is 98.7 cm³/mol. The molecule has 1 aliphatic rings. The zero-order valence-corrected chi connectivity index (χ0v) is 14.5. The van der Waals surface area contributed by atoms with Crippen LogP contribution in [-0.2, 0) is 9.59 Å². The van der Waals surface area contributed by atoms with E-state index in [1.807, 2.05) is 24.3 Å². The summed E-state index contributed by atoms with van der Waals surface area (Å²) in [5.74, 6) is -0.586. The minimum Gasteiger partial charge on any atom is -0.296 e. The van der Waals surface area contributed by atoms with Gasteiger partial charge in [-0.15, -0.1) is 0 Å². The molecule has 0 radical (unpaired) electrons. The second-order valence-corrected chi connectivity index (χ2v) is 7.03. The normalized spacial score (nSPS) is 17.5. The summed E-state index contributed by atoms with van der Waals surface area (Å²) in [4.78, 5) is 30.4. The lowest BCUT2D eigenvalue weighted by Gasteiger charge is -2.15. The molecule has 1 aromatic heterocycles. The van der Waals surface area contributed by atoms with Crippen molar-refractivity contribution in [3.63, 3.8) is 0 Å². The molecule has 3 aromatic rings. The van der Waals surface area contributed by atoms with Gasteiger partial charge in [-0.25, -0.2) is 15.3 Å². The zero-order valence-electron chi connectivity index (χ0n) is 12.9. The fourth-order valence-corrected chi connectivity index (χ4v) is 3.72. The maximum absolute atomic E-state index is 12.6. The number of rotatable bonds is 4. The number of nitrogens with one attached hydrogen (secondary N) is 2. The van der Waals surface area contributed by atoms with Crippen molar-refractivity contribution >= 4 is 55.8 Å². The molecular formula is C17H13ClN4O2S. The molecule has 0 saturated carbocycles. The maximum Gasteiger partial charge on any atom is 0.253 e. The number of carbonyl (C=O) groups excluding carboxylic acids is 2. The minimum absolute atomic E-state index is 0.0727. The first-order valence-corrected chi connectivity index (χ1v) is 8.81. The van der Waals surface area contributed by atoms with Gasteiger partial charge in [-0.1, -0.05) is 41.1 Å². The van der Waals surface area contributed by atoms with E-state index in [9.17, 15) is 9.59 Å². The molecule has 6 nitrogen and oxygen atoms in total. The average molecular weight is 373 g/mol. The van der Waals surface area contributed by atoms with Gasteiger partial charge >= 0.3 is 0 Å². The Morgan fingerprint density at radius 2 is 2.00 bits per heavy atom. The monoisotopic (exact) mass is 372 g/mol. The van der Waals surface area contributed by atoms with Gasteiger partial charge in [-0.05, 0) is 30.3 Å². The summed E-state index contributed by atoms with van der Waals surface area (Å²) in [7, 11) is 0. The highest BCUT2D eigenvalue weighted by Gasteiger charge is 2.39. The van der Waals surface area contributed by atoms with Gasteiger partial charge < -0.3 is 0 Å². The number of hydrazine groups is 1. The maximum atomic E-state index is 12.6. The number of amides is 2. The summed E-state index contributed by atoms with van der Waals surface area (Å²) >= 11 is 7.42. The van der Waals surface area contributed by atoms with Crippen molar-refractivity contribution in [2.45, 2.75) is 12.5 Å². The Labute approximate surface area is 152 Å². The van der Waals surface area contributed by atoms with Gasteiger partial charge in [0.15, 0.2) is 5.13 Å². The van der Waals surface area contributed by atoms with E-state index in [0.717, 1.165) is 15.1 Å². The van der Waals surface area contributed by atoms with Crippen molar-refractivity contribution in [2.75, 3.05) is 10.3 Å². The van der Waals surface area contributed by atoms with Crippen molar-refractivity contribution in [1.29, 1.82) is 0 Å². The first-order valence-electron chi connectivity index (χ1n) is 7.61. The molecule has 8 heteroatoms. The Bertz CT molecular complexity index is 941. The molecule has 0 unspecified atom stereocenters. The average Bonchev–Trinajstić information content (AvgIpc) is 3.13. The zero-order chi connectivity index (χ0) is 17.4. The van der Waals surface area contributed by atoms with Crippen LogP contribution in [-0.4, -0.2) is 22.8 Å². The lowest BCUT2D eigenvalue weighted by atomic mass is 10.2. The number of benzene rings is 2. The lowest BCUT2D eigenvalue weighted by Crippen LogP contribution is -2.41. The molecule has 1 atom stereocenters. The molecule has 2 N–H and O–H groups in total. The summed E-state index contributed by atoms with van der Waals surface area (Å²) in [5.41, 5.74) is 7.21. The minimum atomic E-state index is -0.654. The van der Waals surface area contributed by atoms with Gasteiger partial charge in [0.2, 0.25) is 5.91 Å². The molecule has 2 heterocycles. The van der Waals surface area contributed by atoms with Crippen molar-refractivity contribution < 1.29 is 9.59 Å². The number of para-hydroxylation sites is 1. The van der Waals surface area contributed by atoms with Crippen LogP contribution >= 0.6 is 22.9 Å². The van der Waals surface area contributed by atoms with Gasteiger partial charge in [0.1, 0.15) is 6.04 Å². The number of carbonyl (C=O) groups is 2. The van der Waals surface area contributed by atoms with Crippen molar-refractivity contribution in [3.05, 3.63) is 53.6 Å². The molecule has 1 saturated heterocycles. The Hall–Kier alpha value is -2.48. The van der Waals surface area contributed by atoms with E-state index in [1.165, 1.54) is 11.3 Å². The lowest BCUT2D eigenvalue weighted by molar-refractivity contribution is -0.121. The Kier molecular flexibility index (Phi) is 4.12. The molecule has 25 heavy (non-hydrogen) atoms. The van der Waals surface area contributed by atoms with Crippen LogP contribution in [0.2, 0.25) is 5.02 Å². The van der Waals surface area contributed by atoms with Crippen molar-refractivity contribution in [3.8, 4) is 0 Å². The molecule has 0 bridgehead atoms. The van der Waals surface area contributed by atoms with Crippen molar-refractivity contribution in [2.24, 2.45) is 0 Å². The number of fused-ring (bicyclic) bond motifs is 1. The van der Waals surface area contributed by atoms with Crippen LogP contribution < -0.4 is 15.8 Å². The summed E-state index contributed by atoms with van der Waals surface area (Å²) in [6, 6.07) is 13.8.